The number of barbiturate groups is 1. The highest BCUT2D eigenvalue weighted by molar-refractivity contribution is 6.19. The largest absolute Gasteiger partial charge is 0.330 e. The maximum atomic E-state index is 12.7. The lowest BCUT2D eigenvalue weighted by atomic mass is 9.81. The standard InChI is InChI=1S/C15H23N3O3/c1-17-8-4-11(5-9-17)10-18-13(20)15(6-2-3-7-15)12(19)16-14(18)21/h11H,2-10H2,1H3,(H,16,19,21). The van der Waals surface area contributed by atoms with Crippen molar-refractivity contribution in [1.82, 2.24) is 15.1 Å². The van der Waals surface area contributed by atoms with Gasteiger partial charge in [0.25, 0.3) is 0 Å². The van der Waals surface area contributed by atoms with Crippen molar-refractivity contribution < 1.29 is 14.4 Å². The number of nitrogens with one attached hydrogen (secondary N) is 1. The third kappa shape index (κ3) is 2.46. The van der Waals surface area contributed by atoms with Crippen LogP contribution in [0.1, 0.15) is 38.5 Å². The lowest BCUT2D eigenvalue weighted by Gasteiger charge is -2.39. The van der Waals surface area contributed by atoms with E-state index in [0.717, 1.165) is 38.8 Å². The van der Waals surface area contributed by atoms with Crippen molar-refractivity contribution in [2.45, 2.75) is 38.5 Å². The molecule has 2 aliphatic heterocycles. The molecule has 0 unspecified atom stereocenters. The van der Waals surface area contributed by atoms with Crippen molar-refractivity contribution in [3.05, 3.63) is 0 Å². The Morgan fingerprint density at radius 2 is 1.76 bits per heavy atom. The predicted molar refractivity (Wildman–Crippen MR) is 76.4 cm³/mol. The van der Waals surface area contributed by atoms with E-state index in [1.54, 1.807) is 0 Å². The minimum absolute atomic E-state index is 0.257. The molecular weight excluding hydrogens is 270 g/mol. The Balaban J connectivity index is 1.73. The van der Waals surface area contributed by atoms with Gasteiger partial charge in [-0.25, -0.2) is 4.79 Å². The van der Waals surface area contributed by atoms with E-state index in [1.807, 2.05) is 0 Å². The predicted octanol–water partition coefficient (Wildman–Crippen LogP) is 0.967. The molecule has 3 aliphatic rings. The van der Waals surface area contributed by atoms with Crippen LogP contribution in [0.2, 0.25) is 0 Å². The summed E-state index contributed by atoms with van der Waals surface area (Å²) >= 11 is 0. The van der Waals surface area contributed by atoms with Crippen LogP contribution >= 0.6 is 0 Å². The van der Waals surface area contributed by atoms with Crippen molar-refractivity contribution in [3.8, 4) is 0 Å². The van der Waals surface area contributed by atoms with Crippen molar-refractivity contribution in [2.75, 3.05) is 26.7 Å². The van der Waals surface area contributed by atoms with Gasteiger partial charge in [-0.2, -0.15) is 0 Å². The maximum Gasteiger partial charge on any atom is 0.330 e. The number of likely N-dealkylation sites (tertiary alicyclic amines) is 1. The quantitative estimate of drug-likeness (QED) is 0.770. The number of rotatable bonds is 2. The summed E-state index contributed by atoms with van der Waals surface area (Å²) in [6.45, 7) is 2.45. The normalized spacial score (nSPS) is 27.5. The Hall–Kier alpha value is -1.43. The smallest absolute Gasteiger partial charge is 0.306 e. The van der Waals surface area contributed by atoms with Gasteiger partial charge < -0.3 is 4.90 Å². The van der Waals surface area contributed by atoms with Gasteiger partial charge in [0.15, 0.2) is 0 Å². The first-order valence-corrected chi connectivity index (χ1v) is 7.89. The Kier molecular flexibility index (Phi) is 3.73. The number of hydrogen-bond acceptors (Lipinski definition) is 4. The van der Waals surface area contributed by atoms with Gasteiger partial charge in [-0.15, -0.1) is 0 Å². The molecule has 21 heavy (non-hydrogen) atoms. The number of piperidine rings is 1. The number of nitrogens with zero attached hydrogens (tertiary/aromatic N) is 2. The molecular formula is C15H23N3O3. The summed E-state index contributed by atoms with van der Waals surface area (Å²) in [5.41, 5.74) is -0.959. The fourth-order valence-corrected chi connectivity index (χ4v) is 3.82. The Morgan fingerprint density at radius 3 is 2.38 bits per heavy atom. The molecule has 1 aliphatic carbocycles. The molecule has 0 aromatic rings. The van der Waals surface area contributed by atoms with Gasteiger partial charge in [0.2, 0.25) is 11.8 Å². The highest BCUT2D eigenvalue weighted by Gasteiger charge is 2.55. The van der Waals surface area contributed by atoms with E-state index in [-0.39, 0.29) is 11.8 Å². The topological polar surface area (TPSA) is 69.7 Å². The van der Waals surface area contributed by atoms with Crippen LogP contribution in [0, 0.1) is 11.3 Å². The maximum absolute atomic E-state index is 12.7. The summed E-state index contributed by atoms with van der Waals surface area (Å²) in [6, 6.07) is -0.526. The van der Waals surface area contributed by atoms with Crippen molar-refractivity contribution in [2.24, 2.45) is 11.3 Å². The van der Waals surface area contributed by atoms with Crippen molar-refractivity contribution >= 4 is 17.8 Å². The van der Waals surface area contributed by atoms with E-state index < -0.39 is 11.4 Å². The van der Waals surface area contributed by atoms with Crippen LogP contribution in [0.25, 0.3) is 0 Å². The fraction of sp³-hybridized carbons (Fsp3) is 0.800. The monoisotopic (exact) mass is 293 g/mol. The van der Waals surface area contributed by atoms with Crippen LogP contribution in [-0.4, -0.2) is 54.3 Å². The third-order valence-corrected chi connectivity index (χ3v) is 5.29. The molecule has 2 saturated heterocycles. The van der Waals surface area contributed by atoms with Crippen molar-refractivity contribution in [1.29, 1.82) is 0 Å². The van der Waals surface area contributed by atoms with Crippen LogP contribution in [0.3, 0.4) is 0 Å². The zero-order valence-corrected chi connectivity index (χ0v) is 12.6. The molecule has 1 N–H and O–H groups in total. The molecule has 0 aromatic heterocycles. The van der Waals surface area contributed by atoms with Crippen molar-refractivity contribution in [3.63, 3.8) is 0 Å². The van der Waals surface area contributed by atoms with Crippen LogP contribution in [0.15, 0.2) is 0 Å². The molecule has 3 rings (SSSR count). The average Bonchev–Trinajstić information content (AvgIpc) is 2.95. The minimum Gasteiger partial charge on any atom is -0.306 e. The third-order valence-electron chi connectivity index (χ3n) is 5.29. The van der Waals surface area contributed by atoms with Crippen LogP contribution < -0.4 is 5.32 Å². The molecule has 0 bridgehead atoms. The van der Waals surface area contributed by atoms with Gasteiger partial charge in [0.05, 0.1) is 0 Å². The highest BCUT2D eigenvalue weighted by atomic mass is 16.2. The van der Waals surface area contributed by atoms with E-state index in [4.69, 9.17) is 0 Å². The summed E-state index contributed by atoms with van der Waals surface area (Å²) in [5.74, 6) is -0.287. The Labute approximate surface area is 124 Å². The summed E-state index contributed by atoms with van der Waals surface area (Å²) in [7, 11) is 2.08. The lowest BCUT2D eigenvalue weighted by molar-refractivity contribution is -0.151. The number of urea groups is 1. The highest BCUT2D eigenvalue weighted by Crippen LogP contribution is 2.42. The first-order valence-electron chi connectivity index (χ1n) is 7.89. The summed E-state index contributed by atoms with van der Waals surface area (Å²) in [6.07, 6.45) is 4.91. The minimum atomic E-state index is -0.959. The van der Waals surface area contributed by atoms with E-state index in [1.165, 1.54) is 4.90 Å². The summed E-state index contributed by atoms with van der Waals surface area (Å²) in [4.78, 5) is 40.5. The average molecular weight is 293 g/mol. The first kappa shape index (κ1) is 14.5. The van der Waals surface area contributed by atoms with Gasteiger partial charge in [0.1, 0.15) is 5.41 Å². The molecule has 0 aromatic carbocycles. The first-order chi connectivity index (χ1) is 10.0. The molecule has 0 radical (unpaired) electrons. The van der Waals surface area contributed by atoms with Crippen LogP contribution in [0.4, 0.5) is 4.79 Å². The molecule has 3 fully saturated rings. The molecule has 4 amide bonds. The molecule has 6 nitrogen and oxygen atoms in total. The van der Waals surface area contributed by atoms with E-state index in [2.05, 4.69) is 17.3 Å². The van der Waals surface area contributed by atoms with E-state index >= 15 is 0 Å². The second-order valence-corrected chi connectivity index (χ2v) is 6.71. The molecule has 1 spiro atoms. The lowest BCUT2D eigenvalue weighted by Crippen LogP contribution is -2.63. The second-order valence-electron chi connectivity index (χ2n) is 6.71. The van der Waals surface area contributed by atoms with Gasteiger partial charge in [0, 0.05) is 6.54 Å². The van der Waals surface area contributed by atoms with Gasteiger partial charge in [-0.3, -0.25) is 19.8 Å². The molecule has 1 saturated carbocycles. The molecule has 116 valence electrons. The second kappa shape index (κ2) is 5.40. The van der Waals surface area contributed by atoms with Crippen LogP contribution in [-0.2, 0) is 9.59 Å². The van der Waals surface area contributed by atoms with Gasteiger partial charge in [-0.05, 0) is 51.7 Å². The van der Waals surface area contributed by atoms with Gasteiger partial charge in [-0.1, -0.05) is 12.8 Å². The summed E-state index contributed by atoms with van der Waals surface area (Å²) < 4.78 is 0. The number of hydrogen-bond donors (Lipinski definition) is 1. The molecule has 6 heteroatoms. The fourth-order valence-electron chi connectivity index (χ4n) is 3.82. The summed E-state index contributed by atoms with van der Waals surface area (Å²) in [5, 5.41) is 2.41. The number of amides is 4. The van der Waals surface area contributed by atoms with Gasteiger partial charge >= 0.3 is 6.03 Å². The zero-order valence-electron chi connectivity index (χ0n) is 12.6. The number of carbonyl (C=O) groups is 3. The number of carbonyl (C=O) groups excluding carboxylic acids is 3. The van der Waals surface area contributed by atoms with Crippen LogP contribution in [0.5, 0.6) is 0 Å². The Morgan fingerprint density at radius 1 is 1.14 bits per heavy atom. The molecule has 0 atom stereocenters. The van der Waals surface area contributed by atoms with E-state index in [9.17, 15) is 14.4 Å². The number of imide groups is 2. The zero-order chi connectivity index (χ0) is 15.0. The SMILES string of the molecule is CN1CCC(CN2C(=O)NC(=O)C3(CCCC3)C2=O)CC1. The van der Waals surface area contributed by atoms with E-state index in [0.29, 0.717) is 25.3 Å². The Bertz CT molecular complexity index is 463. The molecule has 2 heterocycles.